The van der Waals surface area contributed by atoms with Crippen molar-refractivity contribution in [2.45, 2.75) is 261 Å². The molecule has 3 heteroatoms. The summed E-state index contributed by atoms with van der Waals surface area (Å²) >= 11 is 0. The van der Waals surface area contributed by atoms with Crippen LogP contribution in [-0.2, 0) is 4.74 Å². The summed E-state index contributed by atoms with van der Waals surface area (Å²) < 4.78 is 5.83. The van der Waals surface area contributed by atoms with Crippen LogP contribution in [0.4, 0.5) is 0 Å². The van der Waals surface area contributed by atoms with Crippen molar-refractivity contribution in [3.05, 3.63) is 11.6 Å². The van der Waals surface area contributed by atoms with Gasteiger partial charge in [-0.15, -0.1) is 0 Å². The maximum Gasteiger partial charge on any atom is 0.0973 e. The minimum Gasteiger partial charge on any atom is -0.390 e. The highest BCUT2D eigenvalue weighted by molar-refractivity contribution is 5.11. The molecule has 5 unspecified atom stereocenters. The number of hydrogen-bond donors (Lipinski definition) is 2. The molecule has 0 bridgehead atoms. The Balaban J connectivity index is -0.0000000803. The molecule has 0 radical (unpaired) electrons. The first-order valence-corrected chi connectivity index (χ1v) is 18.5. The second-order valence-electron chi connectivity index (χ2n) is 23.9. The van der Waals surface area contributed by atoms with Crippen molar-refractivity contribution in [1.29, 1.82) is 0 Å². The third kappa shape index (κ3) is 26.4. The van der Waals surface area contributed by atoms with Gasteiger partial charge in [0, 0.05) is 0 Å². The SMILES string of the molecule is C.C.C.C.C.CC(=CC(C)(C)C)C(C)(C)C.CC(C)(C)C(O)C(C)(O)C(C)(C)C.CC(C)(C)C1OC1(C)C(C)(C)C.CC(CC(C)(C)C)C(C)(C)C. The summed E-state index contributed by atoms with van der Waals surface area (Å²) in [5.74, 6) is 0.808. The summed E-state index contributed by atoms with van der Waals surface area (Å²) in [6.45, 7) is 60.9. The number of ether oxygens (including phenoxy) is 1. The van der Waals surface area contributed by atoms with Crippen molar-refractivity contribution < 1.29 is 14.9 Å². The van der Waals surface area contributed by atoms with Crippen molar-refractivity contribution in [3.8, 4) is 0 Å². The molecule has 1 rings (SSSR count). The van der Waals surface area contributed by atoms with Crippen molar-refractivity contribution in [2.24, 2.45) is 49.2 Å². The van der Waals surface area contributed by atoms with Gasteiger partial charge in [0.05, 0.1) is 23.4 Å². The Morgan fingerprint density at radius 1 is 0.635 bits per heavy atom. The summed E-state index contributed by atoms with van der Waals surface area (Å²) in [7, 11) is 0. The second-order valence-corrected chi connectivity index (χ2v) is 23.9. The zero-order valence-electron chi connectivity index (χ0n) is 37.8. The van der Waals surface area contributed by atoms with Crippen molar-refractivity contribution in [2.75, 3.05) is 0 Å². The smallest absolute Gasteiger partial charge is 0.0973 e. The lowest BCUT2D eigenvalue weighted by molar-refractivity contribution is -0.163. The van der Waals surface area contributed by atoms with Crippen LogP contribution in [0.25, 0.3) is 0 Å². The van der Waals surface area contributed by atoms with Crippen molar-refractivity contribution >= 4 is 0 Å². The molecule has 0 aromatic carbocycles. The van der Waals surface area contributed by atoms with E-state index in [4.69, 9.17) is 4.74 Å². The fourth-order valence-electron chi connectivity index (χ4n) is 5.13. The van der Waals surface area contributed by atoms with Crippen LogP contribution in [0.1, 0.15) is 237 Å². The molecule has 52 heavy (non-hydrogen) atoms. The Morgan fingerprint density at radius 2 is 0.962 bits per heavy atom. The van der Waals surface area contributed by atoms with Gasteiger partial charge < -0.3 is 14.9 Å². The van der Waals surface area contributed by atoms with E-state index in [-0.39, 0.29) is 64.4 Å². The molecule has 1 aliphatic rings. The van der Waals surface area contributed by atoms with E-state index in [2.05, 4.69) is 151 Å². The van der Waals surface area contributed by atoms with Crippen LogP contribution in [0, 0.1) is 49.2 Å². The lowest BCUT2D eigenvalue weighted by Crippen LogP contribution is -2.55. The number of rotatable bonds is 2. The van der Waals surface area contributed by atoms with Crippen LogP contribution >= 0.6 is 0 Å². The van der Waals surface area contributed by atoms with Gasteiger partial charge in [0.25, 0.3) is 0 Å². The quantitative estimate of drug-likeness (QED) is 0.218. The van der Waals surface area contributed by atoms with E-state index >= 15 is 0 Å². The lowest BCUT2D eigenvalue weighted by Gasteiger charge is -2.45. The third-order valence-corrected chi connectivity index (χ3v) is 10.2. The van der Waals surface area contributed by atoms with Crippen LogP contribution in [0.15, 0.2) is 11.6 Å². The van der Waals surface area contributed by atoms with Crippen LogP contribution in [0.5, 0.6) is 0 Å². The van der Waals surface area contributed by atoms with Gasteiger partial charge in [-0.05, 0) is 76.4 Å². The Hall–Kier alpha value is -0.380. The molecule has 3 nitrogen and oxygen atoms in total. The molecule has 5 atom stereocenters. The molecule has 0 saturated carbocycles. The van der Waals surface area contributed by atoms with Crippen molar-refractivity contribution in [1.82, 2.24) is 0 Å². The van der Waals surface area contributed by atoms with E-state index in [1.807, 2.05) is 41.5 Å². The Morgan fingerprint density at radius 3 is 1.04 bits per heavy atom. The minimum atomic E-state index is -1.06. The largest absolute Gasteiger partial charge is 0.390 e. The second kappa shape index (κ2) is 22.4. The highest BCUT2D eigenvalue weighted by Crippen LogP contribution is 2.56. The summed E-state index contributed by atoms with van der Waals surface area (Å²) in [4.78, 5) is 0. The van der Waals surface area contributed by atoms with E-state index in [0.29, 0.717) is 27.8 Å². The first-order valence-electron chi connectivity index (χ1n) is 18.5. The highest BCUT2D eigenvalue weighted by atomic mass is 16.6. The standard InChI is InChI=1S/C11H24O2.C11H22O.C11H24.C11H22.5CH4/c1-9(2,3)8(12)11(7,13)10(4,5)6;1-9(2,3)8-11(7,12-8)10(4,5)6;2*1-9(11(5,6)7)8-10(2,3)4;;;;;/h8,12-13H,1-7H3;8H,1-7H3;9H,8H2,1-7H3;8H,1-7H3;5*1H4. The Bertz CT molecular complexity index is 926. The molecule has 2 N–H and O–H groups in total. The molecule has 0 aliphatic carbocycles. The maximum absolute atomic E-state index is 10.2. The summed E-state index contributed by atoms with van der Waals surface area (Å²) in [6.07, 6.45) is 3.37. The molecule has 0 aromatic rings. The third-order valence-electron chi connectivity index (χ3n) is 10.2. The minimum absolute atomic E-state index is 0. The Labute approximate surface area is 335 Å². The molecule has 1 saturated heterocycles. The van der Waals surface area contributed by atoms with Gasteiger partial charge in [0.1, 0.15) is 0 Å². The average molecular weight is 749 g/mol. The zero-order valence-corrected chi connectivity index (χ0v) is 37.8. The van der Waals surface area contributed by atoms with Gasteiger partial charge in [0.15, 0.2) is 0 Å². The monoisotopic (exact) mass is 749 g/mol. The van der Waals surface area contributed by atoms with E-state index in [1.54, 1.807) is 6.92 Å². The van der Waals surface area contributed by atoms with E-state index in [9.17, 15) is 10.2 Å². The van der Waals surface area contributed by atoms with Crippen LogP contribution in [0.2, 0.25) is 0 Å². The molecule has 326 valence electrons. The van der Waals surface area contributed by atoms with Gasteiger partial charge in [-0.1, -0.05) is 222 Å². The number of aliphatic hydroxyl groups is 2. The first kappa shape index (κ1) is 69.5. The number of hydrogen-bond acceptors (Lipinski definition) is 3. The molecule has 0 amide bonds. The molecular weight excluding hydrogens is 637 g/mol. The fraction of sp³-hybridized carbons (Fsp3) is 0.959. The molecule has 0 aromatic heterocycles. The number of epoxide rings is 1. The highest BCUT2D eigenvalue weighted by Gasteiger charge is 2.63. The van der Waals surface area contributed by atoms with Crippen molar-refractivity contribution in [3.63, 3.8) is 0 Å². The molecule has 1 heterocycles. The predicted octanol–water partition coefficient (Wildman–Crippen LogP) is 16.7. The van der Waals surface area contributed by atoms with Crippen LogP contribution in [-0.4, -0.2) is 33.6 Å². The van der Waals surface area contributed by atoms with E-state index in [0.717, 1.165) is 5.92 Å². The molecule has 0 spiro atoms. The maximum atomic E-state index is 10.2. The number of allylic oxidation sites excluding steroid dienone is 2. The summed E-state index contributed by atoms with van der Waals surface area (Å²) in [5.41, 5.74) is 2.01. The normalized spacial score (nSPS) is 20.5. The van der Waals surface area contributed by atoms with Gasteiger partial charge in [-0.3, -0.25) is 0 Å². The molecule has 1 aliphatic heterocycles. The Kier molecular flexibility index (Phi) is 29.9. The lowest BCUT2D eigenvalue weighted by atomic mass is 9.67. The molecule has 1 fully saturated rings. The van der Waals surface area contributed by atoms with E-state index < -0.39 is 11.7 Å². The van der Waals surface area contributed by atoms with Crippen LogP contribution in [0.3, 0.4) is 0 Å². The predicted molar refractivity (Wildman–Crippen MR) is 247 cm³/mol. The number of aliphatic hydroxyl groups excluding tert-OH is 1. The fourth-order valence-corrected chi connectivity index (χ4v) is 5.13. The van der Waals surface area contributed by atoms with E-state index in [1.165, 1.54) is 12.0 Å². The van der Waals surface area contributed by atoms with Gasteiger partial charge in [-0.25, -0.2) is 0 Å². The molecular formula is C49H112O3. The average Bonchev–Trinajstić information content (AvgIpc) is 3.43. The first-order chi connectivity index (χ1) is 19.7. The summed E-state index contributed by atoms with van der Waals surface area (Å²) in [5, 5.41) is 20.2. The summed E-state index contributed by atoms with van der Waals surface area (Å²) in [6, 6.07) is 0. The van der Waals surface area contributed by atoms with Crippen LogP contribution < -0.4 is 0 Å². The van der Waals surface area contributed by atoms with Gasteiger partial charge >= 0.3 is 0 Å². The zero-order chi connectivity index (χ0) is 39.4. The van der Waals surface area contributed by atoms with Gasteiger partial charge in [-0.2, -0.15) is 0 Å². The topological polar surface area (TPSA) is 53.0 Å². The van der Waals surface area contributed by atoms with Gasteiger partial charge in [0.2, 0.25) is 0 Å².